The molecule has 0 bridgehead atoms. The number of amides is 2. The monoisotopic (exact) mass is 358 g/mol. The van der Waals surface area contributed by atoms with Crippen molar-refractivity contribution in [3.05, 3.63) is 24.0 Å². The molecular formula is C20H30N4O2. The molecule has 1 unspecified atom stereocenters. The van der Waals surface area contributed by atoms with Gasteiger partial charge in [0.1, 0.15) is 5.69 Å². The predicted molar refractivity (Wildman–Crippen MR) is 99.8 cm³/mol. The maximum atomic E-state index is 12.7. The summed E-state index contributed by atoms with van der Waals surface area (Å²) in [6.45, 7) is 4.57. The lowest BCUT2D eigenvalue weighted by Gasteiger charge is -2.49. The molecule has 3 aliphatic heterocycles. The van der Waals surface area contributed by atoms with E-state index in [4.69, 9.17) is 0 Å². The highest BCUT2D eigenvalue weighted by Crippen LogP contribution is 2.41. The van der Waals surface area contributed by atoms with Gasteiger partial charge in [0.05, 0.1) is 0 Å². The van der Waals surface area contributed by atoms with Gasteiger partial charge >= 0.3 is 0 Å². The van der Waals surface area contributed by atoms with E-state index in [2.05, 4.69) is 16.8 Å². The summed E-state index contributed by atoms with van der Waals surface area (Å²) in [5.74, 6) is 0.465. The Morgan fingerprint density at radius 3 is 2.54 bits per heavy atom. The van der Waals surface area contributed by atoms with Gasteiger partial charge in [-0.1, -0.05) is 0 Å². The van der Waals surface area contributed by atoms with Crippen molar-refractivity contribution in [1.82, 2.24) is 19.3 Å². The maximum Gasteiger partial charge on any atom is 0.270 e. The number of likely N-dealkylation sites (N-methyl/N-ethyl adjacent to an activating group) is 1. The first kappa shape index (κ1) is 17.6. The molecule has 26 heavy (non-hydrogen) atoms. The molecule has 3 saturated heterocycles. The lowest BCUT2D eigenvalue weighted by Crippen LogP contribution is -2.55. The van der Waals surface area contributed by atoms with Crippen LogP contribution in [0.5, 0.6) is 0 Å². The second kappa shape index (κ2) is 6.72. The number of likely N-dealkylation sites (tertiary alicyclic amines) is 3. The third kappa shape index (κ3) is 3.15. The van der Waals surface area contributed by atoms with Crippen LogP contribution < -0.4 is 0 Å². The van der Waals surface area contributed by atoms with Crippen molar-refractivity contribution < 1.29 is 9.59 Å². The molecule has 1 aromatic rings. The second-order valence-electron chi connectivity index (χ2n) is 8.52. The molecule has 2 amide bonds. The first-order chi connectivity index (χ1) is 12.5. The highest BCUT2D eigenvalue weighted by molar-refractivity contribution is 5.92. The molecule has 0 aliphatic carbocycles. The summed E-state index contributed by atoms with van der Waals surface area (Å²) < 4.78 is 1.89. The Balaban J connectivity index is 1.40. The van der Waals surface area contributed by atoms with Crippen LogP contribution in [0.3, 0.4) is 0 Å². The Morgan fingerprint density at radius 1 is 1.15 bits per heavy atom. The van der Waals surface area contributed by atoms with E-state index in [0.29, 0.717) is 18.4 Å². The first-order valence-electron chi connectivity index (χ1n) is 9.86. The molecule has 0 N–H and O–H groups in total. The zero-order valence-electron chi connectivity index (χ0n) is 16.0. The topological polar surface area (TPSA) is 48.8 Å². The number of piperidine rings is 2. The highest BCUT2D eigenvalue weighted by Gasteiger charge is 2.44. The molecule has 4 heterocycles. The normalized spacial score (nSPS) is 26.7. The molecule has 0 saturated carbocycles. The number of rotatable bonds is 2. The molecule has 1 spiro atoms. The molecule has 4 rings (SSSR count). The number of carbonyl (C=O) groups is 2. The van der Waals surface area contributed by atoms with Crippen molar-refractivity contribution in [1.29, 1.82) is 0 Å². The minimum absolute atomic E-state index is 0.133. The summed E-state index contributed by atoms with van der Waals surface area (Å²) in [6.07, 6.45) is 6.69. The largest absolute Gasteiger partial charge is 0.347 e. The Kier molecular flexibility index (Phi) is 4.55. The van der Waals surface area contributed by atoms with Gasteiger partial charge in [0.25, 0.3) is 5.91 Å². The van der Waals surface area contributed by atoms with Crippen molar-refractivity contribution in [3.63, 3.8) is 0 Å². The number of nitrogens with zero attached hydrogens (tertiary/aromatic N) is 4. The molecular weight excluding hydrogens is 328 g/mol. The third-order valence-corrected chi connectivity index (χ3v) is 6.78. The van der Waals surface area contributed by atoms with E-state index in [1.54, 1.807) is 0 Å². The van der Waals surface area contributed by atoms with Crippen LogP contribution in [0.15, 0.2) is 18.3 Å². The average molecular weight is 358 g/mol. The van der Waals surface area contributed by atoms with Gasteiger partial charge in [-0.05, 0) is 56.8 Å². The van der Waals surface area contributed by atoms with Crippen LogP contribution in [0.25, 0.3) is 0 Å². The van der Waals surface area contributed by atoms with E-state index in [0.717, 1.165) is 64.1 Å². The molecule has 6 heteroatoms. The van der Waals surface area contributed by atoms with Crippen LogP contribution >= 0.6 is 0 Å². The summed E-state index contributed by atoms with van der Waals surface area (Å²) in [5.41, 5.74) is 0.968. The summed E-state index contributed by atoms with van der Waals surface area (Å²) >= 11 is 0. The fourth-order valence-electron chi connectivity index (χ4n) is 4.98. The summed E-state index contributed by atoms with van der Waals surface area (Å²) in [5, 5.41) is 0. The molecule has 3 fully saturated rings. The number of carbonyl (C=O) groups excluding carboxylic acids is 2. The minimum Gasteiger partial charge on any atom is -0.347 e. The highest BCUT2D eigenvalue weighted by atomic mass is 16.2. The van der Waals surface area contributed by atoms with Crippen molar-refractivity contribution >= 4 is 11.8 Å². The number of hydrogen-bond acceptors (Lipinski definition) is 3. The Hall–Kier alpha value is -1.82. The van der Waals surface area contributed by atoms with Gasteiger partial charge < -0.3 is 19.3 Å². The zero-order valence-corrected chi connectivity index (χ0v) is 16.0. The third-order valence-electron chi connectivity index (χ3n) is 6.78. The number of aryl methyl sites for hydroxylation is 1. The van der Waals surface area contributed by atoms with E-state index in [1.165, 1.54) is 0 Å². The van der Waals surface area contributed by atoms with E-state index < -0.39 is 0 Å². The Bertz CT molecular complexity index is 690. The van der Waals surface area contributed by atoms with E-state index in [-0.39, 0.29) is 11.3 Å². The molecule has 3 aliphatic rings. The van der Waals surface area contributed by atoms with Crippen LogP contribution in [-0.2, 0) is 11.8 Å². The molecule has 0 aromatic carbocycles. The second-order valence-corrected chi connectivity index (χ2v) is 8.52. The molecule has 0 radical (unpaired) electrons. The van der Waals surface area contributed by atoms with Gasteiger partial charge in [-0.15, -0.1) is 0 Å². The predicted octanol–water partition coefficient (Wildman–Crippen LogP) is 1.57. The fraction of sp³-hybridized carbons (Fsp3) is 0.700. The van der Waals surface area contributed by atoms with Gasteiger partial charge in [-0.25, -0.2) is 0 Å². The fourth-order valence-corrected chi connectivity index (χ4v) is 4.98. The van der Waals surface area contributed by atoms with Gasteiger partial charge in [-0.3, -0.25) is 9.59 Å². The SMILES string of the molecule is CN1CCC(N2CC3(CCC2=O)CCN(C(=O)c2cccn2C)CC3)C1. The molecule has 1 aromatic heterocycles. The van der Waals surface area contributed by atoms with Crippen molar-refractivity contribution in [2.24, 2.45) is 12.5 Å². The van der Waals surface area contributed by atoms with Crippen LogP contribution in [0.2, 0.25) is 0 Å². The lowest BCUT2D eigenvalue weighted by atomic mass is 9.72. The van der Waals surface area contributed by atoms with Crippen molar-refractivity contribution in [2.45, 2.75) is 38.1 Å². The van der Waals surface area contributed by atoms with Crippen LogP contribution in [0.1, 0.15) is 42.6 Å². The lowest BCUT2D eigenvalue weighted by molar-refractivity contribution is -0.141. The zero-order chi connectivity index (χ0) is 18.3. The Labute approximate surface area is 155 Å². The number of aromatic nitrogens is 1. The maximum absolute atomic E-state index is 12.7. The summed E-state index contributed by atoms with van der Waals surface area (Å²) in [7, 11) is 4.06. The number of hydrogen-bond donors (Lipinski definition) is 0. The first-order valence-corrected chi connectivity index (χ1v) is 9.86. The van der Waals surface area contributed by atoms with E-state index >= 15 is 0 Å². The van der Waals surface area contributed by atoms with Gasteiger partial charge in [-0.2, -0.15) is 0 Å². The minimum atomic E-state index is 0.133. The van der Waals surface area contributed by atoms with Gasteiger partial charge in [0.2, 0.25) is 5.91 Å². The molecule has 1 atom stereocenters. The summed E-state index contributed by atoms with van der Waals surface area (Å²) in [6, 6.07) is 4.19. The quantitative estimate of drug-likeness (QED) is 0.806. The molecule has 142 valence electrons. The van der Waals surface area contributed by atoms with Gasteiger partial charge in [0, 0.05) is 51.9 Å². The van der Waals surface area contributed by atoms with Crippen molar-refractivity contribution in [3.8, 4) is 0 Å². The van der Waals surface area contributed by atoms with E-state index in [9.17, 15) is 9.59 Å². The van der Waals surface area contributed by atoms with E-state index in [1.807, 2.05) is 34.8 Å². The van der Waals surface area contributed by atoms with Crippen LogP contribution in [-0.4, -0.2) is 76.9 Å². The van der Waals surface area contributed by atoms with Crippen LogP contribution in [0.4, 0.5) is 0 Å². The Morgan fingerprint density at radius 2 is 1.92 bits per heavy atom. The van der Waals surface area contributed by atoms with Gasteiger partial charge in [0.15, 0.2) is 0 Å². The summed E-state index contributed by atoms with van der Waals surface area (Å²) in [4.78, 5) is 31.7. The smallest absolute Gasteiger partial charge is 0.270 e. The molecule has 6 nitrogen and oxygen atoms in total. The average Bonchev–Trinajstić information content (AvgIpc) is 3.26. The van der Waals surface area contributed by atoms with Crippen molar-refractivity contribution in [2.75, 3.05) is 39.8 Å². The van der Waals surface area contributed by atoms with Crippen LogP contribution in [0, 0.1) is 5.41 Å². The standard InChI is InChI=1S/C20H30N4O2/c1-21-11-6-16(14-21)24-15-20(7-5-18(24)25)8-12-23(13-9-20)19(26)17-4-3-10-22(17)2/h3-4,10,16H,5-9,11-15H2,1-2H3.